The number of aromatic amines is 1. The van der Waals surface area contributed by atoms with Gasteiger partial charge in [-0.15, -0.1) is 0 Å². The lowest BCUT2D eigenvalue weighted by Gasteiger charge is -2.09. The molecule has 0 saturated heterocycles. The molecule has 0 fully saturated rings. The summed E-state index contributed by atoms with van der Waals surface area (Å²) in [7, 11) is -2.76. The Balaban J connectivity index is 1.65. The number of methoxy groups -OCH3 is 1. The Kier molecular flexibility index (Phi) is 7.35. The molecule has 0 bridgehead atoms. The standard InChI is InChI=1S/C21H26N4O5S/c1-3-4-5-6-13-22-15-7-10-17(11-8-15)31(27,28)30-16-9-12-18-19(14-16)24-20(23-18)25-21(26)29-2/h7-12,14,22H,3-6,13H2,1-2H3,(H2,23,24,25,26). The first-order chi connectivity index (χ1) is 14.9. The first-order valence-corrected chi connectivity index (χ1v) is 11.5. The van der Waals surface area contributed by atoms with Crippen molar-refractivity contribution in [2.75, 3.05) is 24.3 Å². The SMILES string of the molecule is CCCCCCNc1ccc(S(=O)(=O)Oc2ccc3[nH]c(NC(=O)OC)nc3c2)cc1. The number of amides is 1. The van der Waals surface area contributed by atoms with Gasteiger partial charge in [-0.25, -0.2) is 9.78 Å². The van der Waals surface area contributed by atoms with Crippen LogP contribution in [0.5, 0.6) is 5.75 Å². The van der Waals surface area contributed by atoms with Crippen LogP contribution in [0.2, 0.25) is 0 Å². The highest BCUT2D eigenvalue weighted by Gasteiger charge is 2.17. The van der Waals surface area contributed by atoms with E-state index in [0.717, 1.165) is 18.7 Å². The lowest BCUT2D eigenvalue weighted by atomic mass is 10.2. The fourth-order valence-electron chi connectivity index (χ4n) is 2.94. The lowest BCUT2D eigenvalue weighted by Crippen LogP contribution is -2.11. The third kappa shape index (κ3) is 6.11. The number of anilines is 2. The second-order valence-electron chi connectivity index (χ2n) is 6.93. The largest absolute Gasteiger partial charge is 0.453 e. The number of fused-ring (bicyclic) bond motifs is 1. The van der Waals surface area contributed by atoms with Crippen molar-refractivity contribution in [3.8, 4) is 5.75 Å². The van der Waals surface area contributed by atoms with Gasteiger partial charge in [0.1, 0.15) is 10.6 Å². The Morgan fingerprint density at radius 1 is 1.10 bits per heavy atom. The Bertz CT molecular complexity index is 1130. The fourth-order valence-corrected chi connectivity index (χ4v) is 3.87. The van der Waals surface area contributed by atoms with Crippen molar-refractivity contribution in [2.45, 2.75) is 37.5 Å². The number of nitrogens with zero attached hydrogens (tertiary/aromatic N) is 1. The van der Waals surface area contributed by atoms with Crippen LogP contribution in [0.1, 0.15) is 32.6 Å². The first kappa shape index (κ1) is 22.4. The third-order valence-corrected chi connectivity index (χ3v) is 5.83. The van der Waals surface area contributed by atoms with Crippen molar-refractivity contribution in [2.24, 2.45) is 0 Å². The van der Waals surface area contributed by atoms with Crippen molar-refractivity contribution >= 4 is 38.9 Å². The summed E-state index contributed by atoms with van der Waals surface area (Å²) in [5, 5.41) is 5.70. The normalized spacial score (nSPS) is 11.3. The molecule has 2 aromatic carbocycles. The molecule has 31 heavy (non-hydrogen) atoms. The van der Waals surface area contributed by atoms with Crippen molar-refractivity contribution in [3.05, 3.63) is 42.5 Å². The zero-order valence-electron chi connectivity index (χ0n) is 17.5. The molecule has 3 N–H and O–H groups in total. The summed E-state index contributed by atoms with van der Waals surface area (Å²) in [6.45, 7) is 3.01. The van der Waals surface area contributed by atoms with E-state index in [9.17, 15) is 13.2 Å². The van der Waals surface area contributed by atoms with E-state index in [-0.39, 0.29) is 16.6 Å². The maximum Gasteiger partial charge on any atom is 0.413 e. The highest BCUT2D eigenvalue weighted by Crippen LogP contribution is 2.24. The predicted octanol–water partition coefficient (Wildman–Crippen LogP) is 4.50. The van der Waals surface area contributed by atoms with E-state index in [0.29, 0.717) is 11.0 Å². The summed E-state index contributed by atoms with van der Waals surface area (Å²) in [6.07, 6.45) is 3.97. The molecular weight excluding hydrogens is 420 g/mol. The van der Waals surface area contributed by atoms with Gasteiger partial charge in [-0.2, -0.15) is 8.42 Å². The van der Waals surface area contributed by atoms with Crippen LogP contribution in [-0.2, 0) is 14.9 Å². The highest BCUT2D eigenvalue weighted by molar-refractivity contribution is 7.87. The number of aromatic nitrogens is 2. The minimum Gasteiger partial charge on any atom is -0.453 e. The summed E-state index contributed by atoms with van der Waals surface area (Å²) < 4.78 is 35.0. The minimum absolute atomic E-state index is 0.0548. The molecule has 1 amide bonds. The number of H-pyrrole nitrogens is 1. The maximum absolute atomic E-state index is 12.6. The van der Waals surface area contributed by atoms with E-state index in [1.807, 2.05) is 0 Å². The summed E-state index contributed by atoms with van der Waals surface area (Å²) in [4.78, 5) is 18.4. The van der Waals surface area contributed by atoms with E-state index < -0.39 is 16.2 Å². The molecular formula is C21H26N4O5S. The number of carbonyl (C=O) groups excluding carboxylic acids is 1. The maximum atomic E-state index is 12.6. The molecule has 0 atom stereocenters. The molecule has 1 heterocycles. The van der Waals surface area contributed by atoms with Crippen LogP contribution in [0, 0.1) is 0 Å². The van der Waals surface area contributed by atoms with Crippen molar-refractivity contribution in [1.29, 1.82) is 0 Å². The number of imidazole rings is 1. The highest BCUT2D eigenvalue weighted by atomic mass is 32.2. The van der Waals surface area contributed by atoms with Crippen LogP contribution in [-0.4, -0.2) is 38.1 Å². The molecule has 0 aliphatic heterocycles. The first-order valence-electron chi connectivity index (χ1n) is 10.0. The topological polar surface area (TPSA) is 122 Å². The van der Waals surface area contributed by atoms with E-state index in [1.54, 1.807) is 18.2 Å². The van der Waals surface area contributed by atoms with E-state index in [4.69, 9.17) is 4.18 Å². The molecule has 0 aliphatic rings. The van der Waals surface area contributed by atoms with E-state index in [2.05, 4.69) is 32.3 Å². The molecule has 3 aromatic rings. The van der Waals surface area contributed by atoms with Gasteiger partial charge >= 0.3 is 16.2 Å². The fraction of sp³-hybridized carbons (Fsp3) is 0.333. The zero-order valence-corrected chi connectivity index (χ0v) is 18.3. The van der Waals surface area contributed by atoms with Gasteiger partial charge in [0.15, 0.2) is 0 Å². The summed E-state index contributed by atoms with van der Waals surface area (Å²) in [6, 6.07) is 11.0. The Morgan fingerprint density at radius 3 is 2.58 bits per heavy atom. The van der Waals surface area contributed by atoms with Crippen molar-refractivity contribution < 1.29 is 22.1 Å². The second-order valence-corrected chi connectivity index (χ2v) is 8.48. The number of unbranched alkanes of at least 4 members (excludes halogenated alkanes) is 3. The molecule has 0 aliphatic carbocycles. The number of nitrogens with one attached hydrogen (secondary N) is 3. The van der Waals surface area contributed by atoms with Gasteiger partial charge in [0.2, 0.25) is 5.95 Å². The Labute approximate surface area is 181 Å². The smallest absolute Gasteiger partial charge is 0.413 e. The molecule has 3 rings (SSSR count). The van der Waals surface area contributed by atoms with Gasteiger partial charge in [-0.3, -0.25) is 5.32 Å². The van der Waals surface area contributed by atoms with Gasteiger partial charge in [-0.05, 0) is 42.8 Å². The number of benzene rings is 2. The molecule has 1 aromatic heterocycles. The summed E-state index contributed by atoms with van der Waals surface area (Å²) >= 11 is 0. The average molecular weight is 447 g/mol. The summed E-state index contributed by atoms with van der Waals surface area (Å²) in [5.41, 5.74) is 1.89. The van der Waals surface area contributed by atoms with Crippen molar-refractivity contribution in [1.82, 2.24) is 9.97 Å². The third-order valence-electron chi connectivity index (χ3n) is 4.57. The molecule has 166 valence electrons. The van der Waals surface area contributed by atoms with Crippen LogP contribution in [0.25, 0.3) is 11.0 Å². The van der Waals surface area contributed by atoms with Gasteiger partial charge in [-0.1, -0.05) is 26.2 Å². The molecule has 0 spiro atoms. The molecule has 10 heteroatoms. The van der Waals surface area contributed by atoms with E-state index in [1.165, 1.54) is 50.6 Å². The number of hydrogen-bond donors (Lipinski definition) is 3. The second kappa shape index (κ2) is 10.2. The number of hydrogen-bond acceptors (Lipinski definition) is 7. The van der Waals surface area contributed by atoms with Crippen LogP contribution in [0.4, 0.5) is 16.4 Å². The average Bonchev–Trinajstić information content (AvgIpc) is 3.15. The number of ether oxygens (including phenoxy) is 1. The predicted molar refractivity (Wildman–Crippen MR) is 119 cm³/mol. The molecule has 0 unspecified atom stereocenters. The number of rotatable bonds is 10. The van der Waals surface area contributed by atoms with Gasteiger partial charge in [0, 0.05) is 18.3 Å². The van der Waals surface area contributed by atoms with E-state index >= 15 is 0 Å². The Morgan fingerprint density at radius 2 is 1.87 bits per heavy atom. The van der Waals surface area contributed by atoms with Crippen LogP contribution < -0.4 is 14.8 Å². The monoisotopic (exact) mass is 446 g/mol. The molecule has 0 saturated carbocycles. The Hall–Kier alpha value is -3.27. The number of carbonyl (C=O) groups is 1. The van der Waals surface area contributed by atoms with Crippen LogP contribution in [0.3, 0.4) is 0 Å². The van der Waals surface area contributed by atoms with Gasteiger partial charge in [0.05, 0.1) is 18.1 Å². The van der Waals surface area contributed by atoms with Crippen LogP contribution in [0.15, 0.2) is 47.4 Å². The lowest BCUT2D eigenvalue weighted by molar-refractivity contribution is 0.186. The molecule has 0 radical (unpaired) electrons. The van der Waals surface area contributed by atoms with Gasteiger partial charge in [0.25, 0.3) is 0 Å². The summed E-state index contributed by atoms with van der Waals surface area (Å²) in [5.74, 6) is 0.293. The van der Waals surface area contributed by atoms with Crippen LogP contribution >= 0.6 is 0 Å². The quantitative estimate of drug-likeness (QED) is 0.309. The minimum atomic E-state index is -4.00. The van der Waals surface area contributed by atoms with Crippen molar-refractivity contribution in [3.63, 3.8) is 0 Å². The van der Waals surface area contributed by atoms with Gasteiger partial charge < -0.3 is 19.2 Å². The molecule has 9 nitrogen and oxygen atoms in total. The zero-order chi connectivity index (χ0) is 22.3.